The van der Waals surface area contributed by atoms with Crippen molar-refractivity contribution in [3.63, 3.8) is 0 Å². The Balaban J connectivity index is 1.41. The number of nitrogens with one attached hydrogen (secondary N) is 1. The van der Waals surface area contributed by atoms with E-state index in [0.717, 1.165) is 24.1 Å². The molecule has 1 aromatic heterocycles. The van der Waals surface area contributed by atoms with Crippen molar-refractivity contribution in [1.29, 1.82) is 0 Å². The number of hydrogen-bond acceptors (Lipinski definition) is 4. The summed E-state index contributed by atoms with van der Waals surface area (Å²) in [5, 5.41) is 15.6. The molecule has 0 spiro atoms. The number of nitrogens with zero attached hydrogens (tertiary/aromatic N) is 2. The lowest BCUT2D eigenvalue weighted by Gasteiger charge is -2.25. The maximum Gasteiger partial charge on any atom is 0.123 e. The maximum absolute atomic E-state index is 13.8. The minimum atomic E-state index is -0.661. The third-order valence-corrected chi connectivity index (χ3v) is 6.38. The van der Waals surface area contributed by atoms with E-state index in [4.69, 9.17) is 0 Å². The molecular weight excluding hydrogens is 404 g/mol. The number of aliphatic hydroxyl groups excluding tert-OH is 1. The van der Waals surface area contributed by atoms with Crippen molar-refractivity contribution in [2.24, 2.45) is 0 Å². The first-order valence-electron chi connectivity index (χ1n) is 10.7. The fourth-order valence-corrected chi connectivity index (χ4v) is 4.84. The van der Waals surface area contributed by atoms with Gasteiger partial charge in [0.2, 0.25) is 0 Å². The van der Waals surface area contributed by atoms with E-state index in [-0.39, 0.29) is 11.6 Å². The van der Waals surface area contributed by atoms with Crippen molar-refractivity contribution < 1.29 is 13.9 Å². The largest absolute Gasteiger partial charge is 0.390 e. The van der Waals surface area contributed by atoms with Gasteiger partial charge in [0, 0.05) is 47.5 Å². The Hall–Kier alpha value is -1.67. The number of rotatable bonds is 8. The monoisotopic (exact) mass is 433 g/mol. The quantitative estimate of drug-likeness (QED) is 0.458. The van der Waals surface area contributed by atoms with Crippen molar-refractivity contribution in [3.05, 3.63) is 48.0 Å². The highest BCUT2D eigenvalue weighted by molar-refractivity contribution is 7.77. The first kappa shape index (κ1) is 21.6. The zero-order chi connectivity index (χ0) is 21.1. The minimum absolute atomic E-state index is 0.324. The Bertz CT molecular complexity index is 944. The fourth-order valence-electron chi connectivity index (χ4n) is 4.55. The zero-order valence-corrected chi connectivity index (χ0v) is 17.9. The molecule has 0 radical (unpaired) electrons. The number of aliphatic hydroxyl groups is 1. The molecular formula is C23H29F2N3OS. The molecule has 1 fully saturated rings. The van der Waals surface area contributed by atoms with Gasteiger partial charge in [-0.05, 0) is 49.2 Å². The lowest BCUT2D eigenvalue weighted by Crippen LogP contribution is -2.38. The Morgan fingerprint density at radius 1 is 1.03 bits per heavy atom. The van der Waals surface area contributed by atoms with E-state index in [2.05, 4.69) is 18.1 Å². The van der Waals surface area contributed by atoms with Crippen LogP contribution in [0.2, 0.25) is 0 Å². The van der Waals surface area contributed by atoms with E-state index in [9.17, 15) is 13.9 Å². The molecule has 7 heteroatoms. The van der Waals surface area contributed by atoms with E-state index in [1.165, 1.54) is 56.4 Å². The van der Waals surface area contributed by atoms with Gasteiger partial charge in [-0.3, -0.25) is 0 Å². The lowest BCUT2D eigenvalue weighted by molar-refractivity contribution is 0.134. The molecule has 0 amide bonds. The number of hydrogen-bond donors (Lipinski definition) is 3. The van der Waals surface area contributed by atoms with Crippen LogP contribution in [0.1, 0.15) is 32.1 Å². The zero-order valence-electron chi connectivity index (χ0n) is 17.0. The van der Waals surface area contributed by atoms with Gasteiger partial charge in [-0.25, -0.2) is 13.1 Å². The second-order valence-electron chi connectivity index (χ2n) is 8.29. The van der Waals surface area contributed by atoms with Crippen molar-refractivity contribution in [2.45, 2.75) is 50.8 Å². The molecule has 1 atom stereocenters. The number of aromatic nitrogens is 1. The second-order valence-corrected chi connectivity index (χ2v) is 8.85. The normalized spacial score (nSPS) is 16.7. The Morgan fingerprint density at radius 2 is 1.63 bits per heavy atom. The van der Waals surface area contributed by atoms with E-state index >= 15 is 0 Å². The molecule has 4 rings (SSSR count). The molecule has 0 saturated heterocycles. The summed E-state index contributed by atoms with van der Waals surface area (Å²) in [4.78, 5) is 0. The summed E-state index contributed by atoms with van der Waals surface area (Å²) in [7, 11) is 0. The van der Waals surface area contributed by atoms with Crippen LogP contribution >= 0.6 is 12.8 Å². The number of fused-ring (bicyclic) bond motifs is 3. The third kappa shape index (κ3) is 4.97. The molecule has 1 saturated carbocycles. The first-order valence-corrected chi connectivity index (χ1v) is 11.1. The number of benzene rings is 2. The van der Waals surface area contributed by atoms with Gasteiger partial charge < -0.3 is 15.0 Å². The van der Waals surface area contributed by atoms with Crippen molar-refractivity contribution in [1.82, 2.24) is 14.2 Å². The predicted molar refractivity (Wildman–Crippen MR) is 121 cm³/mol. The maximum atomic E-state index is 13.8. The van der Waals surface area contributed by atoms with Crippen molar-refractivity contribution in [2.75, 3.05) is 19.6 Å². The molecule has 1 aliphatic rings. The molecule has 0 bridgehead atoms. The smallest absolute Gasteiger partial charge is 0.123 e. The van der Waals surface area contributed by atoms with Crippen LogP contribution in [-0.2, 0) is 6.54 Å². The highest BCUT2D eigenvalue weighted by Gasteiger charge is 2.17. The topological polar surface area (TPSA) is 40.4 Å². The van der Waals surface area contributed by atoms with E-state index in [0.29, 0.717) is 29.9 Å². The molecule has 162 valence electrons. The number of halogens is 2. The van der Waals surface area contributed by atoms with E-state index in [1.807, 2.05) is 8.87 Å². The van der Waals surface area contributed by atoms with E-state index < -0.39 is 6.10 Å². The molecule has 1 unspecified atom stereocenters. The van der Waals surface area contributed by atoms with Crippen LogP contribution in [0.25, 0.3) is 21.8 Å². The highest BCUT2D eigenvalue weighted by Crippen LogP contribution is 2.30. The SMILES string of the molecule is OC(CN(S)CCNC1CCCCC1)Cn1c2ccc(F)cc2c2cc(F)ccc21. The van der Waals surface area contributed by atoms with Gasteiger partial charge in [0.1, 0.15) is 11.6 Å². The van der Waals surface area contributed by atoms with Crippen LogP contribution < -0.4 is 5.32 Å². The fraction of sp³-hybridized carbons (Fsp3) is 0.478. The highest BCUT2D eigenvalue weighted by atomic mass is 32.1. The molecule has 1 aliphatic carbocycles. The van der Waals surface area contributed by atoms with E-state index in [1.54, 1.807) is 12.1 Å². The Kier molecular flexibility index (Phi) is 6.93. The summed E-state index contributed by atoms with van der Waals surface area (Å²) in [6.45, 7) is 2.30. The summed E-state index contributed by atoms with van der Waals surface area (Å²) >= 11 is 4.52. The summed E-state index contributed by atoms with van der Waals surface area (Å²) in [5.41, 5.74) is 1.56. The Morgan fingerprint density at radius 3 is 2.23 bits per heavy atom. The van der Waals surface area contributed by atoms with Gasteiger partial charge in [0.25, 0.3) is 0 Å². The van der Waals surface area contributed by atoms with Gasteiger partial charge in [-0.1, -0.05) is 32.1 Å². The van der Waals surface area contributed by atoms with Crippen LogP contribution in [0.15, 0.2) is 36.4 Å². The standard InChI is InChI=1S/C23H29F2N3OS/c24-16-6-8-22-20(12-16)21-13-17(25)7-9-23(21)28(22)15-19(29)14-27(30)11-10-26-18-4-2-1-3-5-18/h6-9,12-13,18-19,26,29-30H,1-5,10-11,14-15H2. The molecule has 2 N–H and O–H groups in total. The van der Waals surface area contributed by atoms with Gasteiger partial charge >= 0.3 is 0 Å². The summed E-state index contributed by atoms with van der Waals surface area (Å²) < 4.78 is 31.3. The summed E-state index contributed by atoms with van der Waals surface area (Å²) in [6, 6.07) is 9.58. The molecule has 2 aromatic carbocycles. The second kappa shape index (κ2) is 9.64. The van der Waals surface area contributed by atoms with Gasteiger partial charge in [0.15, 0.2) is 0 Å². The van der Waals surface area contributed by atoms with Crippen LogP contribution in [0, 0.1) is 11.6 Å². The third-order valence-electron chi connectivity index (χ3n) is 6.01. The van der Waals surface area contributed by atoms with Crippen LogP contribution in [0.3, 0.4) is 0 Å². The van der Waals surface area contributed by atoms with Crippen LogP contribution in [0.4, 0.5) is 8.78 Å². The Labute approximate surface area is 181 Å². The molecule has 4 nitrogen and oxygen atoms in total. The first-order chi connectivity index (χ1) is 14.5. The van der Waals surface area contributed by atoms with Crippen molar-refractivity contribution in [3.8, 4) is 0 Å². The average Bonchev–Trinajstić information content (AvgIpc) is 3.01. The van der Waals surface area contributed by atoms with Crippen molar-refractivity contribution >= 4 is 34.6 Å². The van der Waals surface area contributed by atoms with Crippen LogP contribution in [-0.4, -0.2) is 45.8 Å². The van der Waals surface area contributed by atoms with Gasteiger partial charge in [-0.15, -0.1) is 0 Å². The summed E-state index contributed by atoms with van der Waals surface area (Å²) in [6.07, 6.45) is 5.76. The van der Waals surface area contributed by atoms with Gasteiger partial charge in [-0.2, -0.15) is 0 Å². The predicted octanol–water partition coefficient (Wildman–Crippen LogP) is 4.50. The van der Waals surface area contributed by atoms with Crippen LogP contribution in [0.5, 0.6) is 0 Å². The minimum Gasteiger partial charge on any atom is -0.390 e. The molecule has 1 heterocycles. The van der Waals surface area contributed by atoms with Gasteiger partial charge in [0.05, 0.1) is 12.6 Å². The summed E-state index contributed by atoms with van der Waals surface area (Å²) in [5.74, 6) is -0.725. The lowest BCUT2D eigenvalue weighted by atomic mass is 9.95. The average molecular weight is 434 g/mol. The molecule has 30 heavy (non-hydrogen) atoms. The number of thiol groups is 1. The molecule has 0 aliphatic heterocycles. The molecule has 3 aromatic rings.